The van der Waals surface area contributed by atoms with Crippen molar-refractivity contribution in [2.24, 2.45) is 0 Å². The Kier molecular flexibility index (Phi) is 6.01. The van der Waals surface area contributed by atoms with E-state index in [9.17, 15) is 18.0 Å². The van der Waals surface area contributed by atoms with E-state index in [0.717, 1.165) is 0 Å². The van der Waals surface area contributed by atoms with Crippen molar-refractivity contribution in [1.29, 1.82) is 0 Å². The Labute approximate surface area is 113 Å². The first kappa shape index (κ1) is 15.7. The van der Waals surface area contributed by atoms with Gasteiger partial charge in [0.25, 0.3) is 0 Å². The molecule has 0 radical (unpaired) electrons. The highest BCUT2D eigenvalue weighted by Gasteiger charge is 2.27. The lowest BCUT2D eigenvalue weighted by molar-refractivity contribution is -0.0329. The number of aldehydes is 1. The quantitative estimate of drug-likeness (QED) is 0.569. The number of hydrogen-bond donors (Lipinski definition) is 0. The fraction of sp³-hybridized carbons (Fsp3) is 0.417. The Morgan fingerprint density at radius 1 is 1.26 bits per heavy atom. The van der Waals surface area contributed by atoms with Gasteiger partial charge in [-0.25, -0.2) is 0 Å². The minimum atomic E-state index is -4.26. The van der Waals surface area contributed by atoms with Crippen LogP contribution in [0.5, 0.6) is 11.5 Å². The molecule has 0 aliphatic heterocycles. The Morgan fingerprint density at radius 3 is 2.58 bits per heavy atom. The summed E-state index contributed by atoms with van der Waals surface area (Å²) in [6.45, 7) is 2.04. The zero-order chi connectivity index (χ0) is 14.3. The van der Waals surface area contributed by atoms with Crippen LogP contribution in [0.2, 0.25) is 0 Å². The van der Waals surface area contributed by atoms with E-state index in [1.807, 2.05) is 0 Å². The third-order valence-corrected chi connectivity index (χ3v) is 2.71. The molecule has 0 unspecified atom stereocenters. The van der Waals surface area contributed by atoms with Gasteiger partial charge in [0.15, 0.2) is 11.5 Å². The van der Waals surface area contributed by atoms with Crippen LogP contribution in [-0.2, 0) is 0 Å². The summed E-state index contributed by atoms with van der Waals surface area (Å²) >= 11 is -0.142. The van der Waals surface area contributed by atoms with E-state index < -0.39 is 5.51 Å². The SMILES string of the molecule is CCOc1cc(C=O)ccc1OCCSC(F)(F)F. The van der Waals surface area contributed by atoms with E-state index >= 15 is 0 Å². The molecule has 0 fully saturated rings. The molecular weight excluding hydrogens is 281 g/mol. The van der Waals surface area contributed by atoms with E-state index in [2.05, 4.69) is 0 Å². The van der Waals surface area contributed by atoms with Gasteiger partial charge in [0.1, 0.15) is 6.29 Å². The second-order valence-electron chi connectivity index (χ2n) is 3.40. The maximum absolute atomic E-state index is 11.9. The molecule has 0 amide bonds. The summed E-state index contributed by atoms with van der Waals surface area (Å²) in [6, 6.07) is 4.51. The standard InChI is InChI=1S/C12H13F3O3S/c1-2-17-11-7-9(8-16)3-4-10(11)18-5-6-19-12(13,14)15/h3-4,7-8H,2,5-6H2,1H3. The van der Waals surface area contributed by atoms with Crippen LogP contribution in [0, 0.1) is 0 Å². The average molecular weight is 294 g/mol. The molecule has 1 aromatic carbocycles. The fourth-order valence-corrected chi connectivity index (χ4v) is 1.69. The summed E-state index contributed by atoms with van der Waals surface area (Å²) in [5, 5.41) is 0. The number of halogens is 3. The van der Waals surface area contributed by atoms with Crippen molar-refractivity contribution >= 4 is 18.0 Å². The lowest BCUT2D eigenvalue weighted by Crippen LogP contribution is -2.08. The Morgan fingerprint density at radius 2 is 2.00 bits per heavy atom. The second kappa shape index (κ2) is 7.28. The number of benzene rings is 1. The highest BCUT2D eigenvalue weighted by Crippen LogP contribution is 2.31. The Bertz CT molecular complexity index is 421. The minimum absolute atomic E-state index is 0.0926. The first-order valence-corrected chi connectivity index (χ1v) is 6.50. The highest BCUT2D eigenvalue weighted by molar-refractivity contribution is 8.00. The number of alkyl halides is 3. The van der Waals surface area contributed by atoms with E-state index in [1.165, 1.54) is 18.2 Å². The van der Waals surface area contributed by atoms with Crippen LogP contribution in [0.3, 0.4) is 0 Å². The molecule has 7 heteroatoms. The van der Waals surface area contributed by atoms with Crippen molar-refractivity contribution in [3.05, 3.63) is 23.8 Å². The smallest absolute Gasteiger partial charge is 0.441 e. The Hall–Kier alpha value is -1.37. The molecule has 1 aromatic rings. The third kappa shape index (κ3) is 5.87. The molecule has 19 heavy (non-hydrogen) atoms. The van der Waals surface area contributed by atoms with Crippen LogP contribution in [0.1, 0.15) is 17.3 Å². The number of ether oxygens (including phenoxy) is 2. The van der Waals surface area contributed by atoms with Gasteiger partial charge in [-0.2, -0.15) is 13.2 Å². The van der Waals surface area contributed by atoms with Crippen molar-refractivity contribution in [3.63, 3.8) is 0 Å². The van der Waals surface area contributed by atoms with Crippen molar-refractivity contribution in [2.75, 3.05) is 19.0 Å². The van der Waals surface area contributed by atoms with Gasteiger partial charge in [0, 0.05) is 11.3 Å². The molecular formula is C12H13F3O3S. The molecule has 3 nitrogen and oxygen atoms in total. The molecule has 0 aromatic heterocycles. The fourth-order valence-electron chi connectivity index (χ4n) is 1.29. The van der Waals surface area contributed by atoms with Crippen molar-refractivity contribution in [1.82, 2.24) is 0 Å². The van der Waals surface area contributed by atoms with Crippen LogP contribution in [0.15, 0.2) is 18.2 Å². The molecule has 0 bridgehead atoms. The van der Waals surface area contributed by atoms with Crippen LogP contribution >= 0.6 is 11.8 Å². The topological polar surface area (TPSA) is 35.5 Å². The molecule has 0 atom stereocenters. The van der Waals surface area contributed by atoms with Gasteiger partial charge in [-0.1, -0.05) is 0 Å². The van der Waals surface area contributed by atoms with Gasteiger partial charge in [-0.3, -0.25) is 4.79 Å². The van der Waals surface area contributed by atoms with Gasteiger partial charge >= 0.3 is 5.51 Å². The lowest BCUT2D eigenvalue weighted by atomic mass is 10.2. The molecule has 0 saturated carbocycles. The number of thioether (sulfide) groups is 1. The summed E-state index contributed by atoms with van der Waals surface area (Å²) in [7, 11) is 0. The zero-order valence-electron chi connectivity index (χ0n) is 10.2. The predicted octanol–water partition coefficient (Wildman–Crippen LogP) is 3.53. The minimum Gasteiger partial charge on any atom is -0.490 e. The van der Waals surface area contributed by atoms with Crippen LogP contribution in [-0.4, -0.2) is 30.8 Å². The van der Waals surface area contributed by atoms with Gasteiger partial charge in [0.05, 0.1) is 13.2 Å². The van der Waals surface area contributed by atoms with Crippen LogP contribution in [0.25, 0.3) is 0 Å². The van der Waals surface area contributed by atoms with Crippen LogP contribution < -0.4 is 9.47 Å². The first-order valence-electron chi connectivity index (χ1n) is 5.51. The number of rotatable bonds is 7. The molecule has 0 N–H and O–H groups in total. The van der Waals surface area contributed by atoms with Crippen molar-refractivity contribution in [2.45, 2.75) is 12.4 Å². The lowest BCUT2D eigenvalue weighted by Gasteiger charge is -2.12. The molecule has 0 aliphatic carbocycles. The first-order chi connectivity index (χ1) is 8.96. The zero-order valence-corrected chi connectivity index (χ0v) is 11.0. The monoisotopic (exact) mass is 294 g/mol. The maximum Gasteiger partial charge on any atom is 0.441 e. The second-order valence-corrected chi connectivity index (χ2v) is 4.56. The molecule has 106 valence electrons. The summed E-state index contributed by atoms with van der Waals surface area (Å²) in [4.78, 5) is 10.6. The Balaban J connectivity index is 2.59. The predicted molar refractivity (Wildman–Crippen MR) is 67.0 cm³/mol. The summed E-state index contributed by atoms with van der Waals surface area (Å²) in [5.74, 6) is 0.476. The van der Waals surface area contributed by atoms with Crippen LogP contribution in [0.4, 0.5) is 13.2 Å². The summed E-state index contributed by atoms with van der Waals surface area (Å²) in [6.07, 6.45) is 0.659. The summed E-state index contributed by atoms with van der Waals surface area (Å²) < 4.78 is 46.3. The average Bonchev–Trinajstić information content (AvgIpc) is 2.35. The third-order valence-electron chi connectivity index (χ3n) is 2.01. The highest BCUT2D eigenvalue weighted by atomic mass is 32.2. The molecule has 0 saturated heterocycles. The summed E-state index contributed by atoms with van der Waals surface area (Å²) in [5.41, 5.74) is -3.84. The van der Waals surface area contributed by atoms with E-state index in [0.29, 0.717) is 30.0 Å². The molecule has 0 spiro atoms. The number of hydrogen-bond acceptors (Lipinski definition) is 4. The number of carbonyl (C=O) groups excluding carboxylic acids is 1. The van der Waals surface area contributed by atoms with E-state index in [-0.39, 0.29) is 24.1 Å². The van der Waals surface area contributed by atoms with E-state index in [4.69, 9.17) is 9.47 Å². The van der Waals surface area contributed by atoms with Gasteiger partial charge in [0.2, 0.25) is 0 Å². The maximum atomic E-state index is 11.9. The largest absolute Gasteiger partial charge is 0.490 e. The van der Waals surface area contributed by atoms with Crippen molar-refractivity contribution < 1.29 is 27.4 Å². The van der Waals surface area contributed by atoms with E-state index in [1.54, 1.807) is 6.92 Å². The molecule has 0 heterocycles. The van der Waals surface area contributed by atoms with Crippen molar-refractivity contribution in [3.8, 4) is 11.5 Å². The van der Waals surface area contributed by atoms with Gasteiger partial charge in [-0.05, 0) is 36.9 Å². The van der Waals surface area contributed by atoms with Gasteiger partial charge in [-0.15, -0.1) is 0 Å². The number of carbonyl (C=O) groups is 1. The normalized spacial score (nSPS) is 11.2. The molecule has 1 rings (SSSR count). The van der Waals surface area contributed by atoms with Gasteiger partial charge < -0.3 is 9.47 Å². The molecule has 0 aliphatic rings.